The topological polar surface area (TPSA) is 61.8 Å². The first-order chi connectivity index (χ1) is 12.6. The van der Waals surface area contributed by atoms with Crippen LogP contribution in [0.1, 0.15) is 32.8 Å². The van der Waals surface area contributed by atoms with Crippen molar-refractivity contribution in [3.63, 3.8) is 0 Å². The normalized spacial score (nSPS) is 20.8. The minimum absolute atomic E-state index is 0. The van der Waals surface area contributed by atoms with Crippen LogP contribution in [0.3, 0.4) is 0 Å². The highest BCUT2D eigenvalue weighted by molar-refractivity contribution is 14.0. The summed E-state index contributed by atoms with van der Waals surface area (Å²) in [6, 6.07) is 3.83. The molecule has 27 heavy (non-hydrogen) atoms. The molecule has 2 rings (SSSR count). The number of morpholine rings is 1. The van der Waals surface area contributed by atoms with Crippen LogP contribution in [-0.2, 0) is 11.2 Å². The van der Waals surface area contributed by atoms with Crippen molar-refractivity contribution in [3.05, 3.63) is 29.0 Å². The van der Waals surface area contributed by atoms with Crippen molar-refractivity contribution in [2.24, 2.45) is 4.99 Å². The average molecular weight is 510 g/mol. The lowest BCUT2D eigenvalue weighted by Crippen LogP contribution is -2.45. The molecule has 0 bridgehead atoms. The minimum atomic E-state index is 0. The third kappa shape index (κ3) is 9.91. The van der Waals surface area contributed by atoms with E-state index in [0.29, 0.717) is 17.4 Å². The fourth-order valence-electron chi connectivity index (χ4n) is 3.17. The smallest absolute Gasteiger partial charge is 0.191 e. The van der Waals surface area contributed by atoms with Gasteiger partial charge in [0.2, 0.25) is 0 Å². The monoisotopic (exact) mass is 509 g/mol. The van der Waals surface area contributed by atoms with Crippen LogP contribution in [0.15, 0.2) is 23.3 Å². The number of guanidine groups is 1. The number of hydrogen-bond acceptors (Lipinski definition) is 4. The molecule has 2 N–H and O–H groups in total. The molecule has 1 aliphatic heterocycles. The lowest BCUT2D eigenvalue weighted by Gasteiger charge is -2.35. The summed E-state index contributed by atoms with van der Waals surface area (Å²) in [7, 11) is 0. The maximum Gasteiger partial charge on any atom is 0.191 e. The van der Waals surface area contributed by atoms with Crippen LogP contribution in [0.2, 0.25) is 5.15 Å². The van der Waals surface area contributed by atoms with Gasteiger partial charge in [0, 0.05) is 45.5 Å². The summed E-state index contributed by atoms with van der Waals surface area (Å²) in [5.41, 5.74) is 1.16. The quantitative estimate of drug-likeness (QED) is 0.186. The van der Waals surface area contributed by atoms with Gasteiger partial charge in [-0.15, -0.1) is 24.0 Å². The number of aromatic nitrogens is 1. The summed E-state index contributed by atoms with van der Waals surface area (Å²) in [5, 5.41) is 7.21. The Labute approximate surface area is 185 Å². The maximum absolute atomic E-state index is 5.81. The van der Waals surface area contributed by atoms with E-state index in [2.05, 4.69) is 46.3 Å². The third-order valence-corrected chi connectivity index (χ3v) is 4.46. The second-order valence-corrected chi connectivity index (χ2v) is 7.18. The van der Waals surface area contributed by atoms with Gasteiger partial charge in [0.05, 0.1) is 12.2 Å². The molecule has 0 saturated carbocycles. The highest BCUT2D eigenvalue weighted by Gasteiger charge is 2.21. The first-order valence-corrected chi connectivity index (χ1v) is 9.95. The average Bonchev–Trinajstić information content (AvgIpc) is 2.59. The van der Waals surface area contributed by atoms with E-state index < -0.39 is 0 Å². The highest BCUT2D eigenvalue weighted by Crippen LogP contribution is 2.10. The van der Waals surface area contributed by atoms with Gasteiger partial charge in [0.15, 0.2) is 5.96 Å². The number of aliphatic imine (C=N–C) groups is 1. The fraction of sp³-hybridized carbons (Fsp3) is 0.684. The molecule has 0 spiro atoms. The summed E-state index contributed by atoms with van der Waals surface area (Å²) in [4.78, 5) is 11.3. The predicted octanol–water partition coefficient (Wildman–Crippen LogP) is 2.95. The molecule has 2 unspecified atom stereocenters. The Morgan fingerprint density at radius 3 is 2.67 bits per heavy atom. The van der Waals surface area contributed by atoms with E-state index in [-0.39, 0.29) is 24.0 Å². The van der Waals surface area contributed by atoms with Gasteiger partial charge < -0.3 is 15.4 Å². The van der Waals surface area contributed by atoms with Gasteiger partial charge in [0.25, 0.3) is 0 Å². The molecular weight excluding hydrogens is 477 g/mol. The fourth-order valence-corrected chi connectivity index (χ4v) is 3.29. The SMILES string of the molecule is CCNC(=NCCCN1CC(C)OC(C)C1)NCCc1ccc(Cl)nc1.I. The maximum atomic E-state index is 5.81. The van der Waals surface area contributed by atoms with Crippen LogP contribution in [0.4, 0.5) is 0 Å². The summed E-state index contributed by atoms with van der Waals surface area (Å²) in [6.07, 6.45) is 4.40. The Bertz CT molecular complexity index is 548. The van der Waals surface area contributed by atoms with Crippen molar-refractivity contribution in [1.82, 2.24) is 20.5 Å². The summed E-state index contributed by atoms with van der Waals surface area (Å²) < 4.78 is 5.78. The molecule has 6 nitrogen and oxygen atoms in total. The molecule has 1 saturated heterocycles. The second kappa shape index (κ2) is 13.5. The van der Waals surface area contributed by atoms with Gasteiger partial charge in [-0.1, -0.05) is 17.7 Å². The molecular formula is C19H33ClIN5O. The molecule has 0 radical (unpaired) electrons. The molecule has 1 fully saturated rings. The number of nitrogens with zero attached hydrogens (tertiary/aromatic N) is 3. The third-order valence-electron chi connectivity index (χ3n) is 4.24. The van der Waals surface area contributed by atoms with Crippen LogP contribution in [0, 0.1) is 0 Å². The van der Waals surface area contributed by atoms with Gasteiger partial charge in [-0.25, -0.2) is 4.98 Å². The molecule has 8 heteroatoms. The van der Waals surface area contributed by atoms with E-state index in [1.54, 1.807) is 0 Å². The summed E-state index contributed by atoms with van der Waals surface area (Å²) in [5.74, 6) is 0.873. The van der Waals surface area contributed by atoms with E-state index in [9.17, 15) is 0 Å². The zero-order chi connectivity index (χ0) is 18.8. The standard InChI is InChI=1S/C19H32ClN5O.HI/c1-4-21-19(23-10-8-17-6-7-18(20)24-12-17)22-9-5-11-25-13-15(2)26-16(3)14-25;/h6-7,12,15-16H,4-5,8-11,13-14H2,1-3H3,(H2,21,22,23);1H. The van der Waals surface area contributed by atoms with Crippen molar-refractivity contribution < 1.29 is 4.74 Å². The molecule has 2 atom stereocenters. The predicted molar refractivity (Wildman–Crippen MR) is 123 cm³/mol. The first kappa shape index (κ1) is 24.4. The van der Waals surface area contributed by atoms with Crippen LogP contribution in [0.25, 0.3) is 0 Å². The molecule has 1 aromatic rings. The van der Waals surface area contributed by atoms with Crippen LogP contribution >= 0.6 is 35.6 Å². The first-order valence-electron chi connectivity index (χ1n) is 9.57. The Balaban J connectivity index is 0.00000364. The van der Waals surface area contributed by atoms with Gasteiger partial charge >= 0.3 is 0 Å². The Morgan fingerprint density at radius 2 is 2.04 bits per heavy atom. The number of rotatable bonds is 8. The van der Waals surface area contributed by atoms with E-state index >= 15 is 0 Å². The van der Waals surface area contributed by atoms with E-state index in [1.165, 1.54) is 0 Å². The van der Waals surface area contributed by atoms with Crippen molar-refractivity contribution in [3.8, 4) is 0 Å². The largest absolute Gasteiger partial charge is 0.373 e. The van der Waals surface area contributed by atoms with Gasteiger partial charge in [-0.3, -0.25) is 9.89 Å². The molecule has 1 aliphatic rings. The van der Waals surface area contributed by atoms with E-state index in [1.807, 2.05) is 18.3 Å². The van der Waals surface area contributed by atoms with Gasteiger partial charge in [-0.2, -0.15) is 0 Å². The minimum Gasteiger partial charge on any atom is -0.373 e. The van der Waals surface area contributed by atoms with Crippen LogP contribution in [0.5, 0.6) is 0 Å². The van der Waals surface area contributed by atoms with E-state index in [4.69, 9.17) is 16.3 Å². The highest BCUT2D eigenvalue weighted by atomic mass is 127. The Kier molecular flexibility index (Phi) is 12.2. The molecule has 0 amide bonds. The molecule has 1 aromatic heterocycles. The van der Waals surface area contributed by atoms with E-state index in [0.717, 1.165) is 63.6 Å². The number of pyridine rings is 1. The molecule has 0 aromatic carbocycles. The van der Waals surface area contributed by atoms with Crippen molar-refractivity contribution in [1.29, 1.82) is 0 Å². The van der Waals surface area contributed by atoms with Crippen molar-refractivity contribution in [2.45, 2.75) is 45.8 Å². The number of halogens is 2. The van der Waals surface area contributed by atoms with Gasteiger partial charge in [-0.05, 0) is 45.2 Å². The van der Waals surface area contributed by atoms with Gasteiger partial charge in [0.1, 0.15) is 5.15 Å². The number of hydrogen-bond donors (Lipinski definition) is 2. The zero-order valence-corrected chi connectivity index (χ0v) is 19.7. The Morgan fingerprint density at radius 1 is 1.30 bits per heavy atom. The molecule has 154 valence electrons. The molecule has 2 heterocycles. The number of ether oxygens (including phenoxy) is 1. The van der Waals surface area contributed by atoms with Crippen LogP contribution < -0.4 is 10.6 Å². The Hall–Kier alpha value is -0.640. The summed E-state index contributed by atoms with van der Waals surface area (Å²) in [6.45, 7) is 11.9. The lowest BCUT2D eigenvalue weighted by molar-refractivity contribution is -0.0679. The zero-order valence-electron chi connectivity index (χ0n) is 16.6. The number of nitrogens with one attached hydrogen (secondary N) is 2. The molecule has 0 aliphatic carbocycles. The summed E-state index contributed by atoms with van der Waals surface area (Å²) >= 11 is 5.81. The van der Waals surface area contributed by atoms with Crippen LogP contribution in [-0.4, -0.2) is 67.3 Å². The van der Waals surface area contributed by atoms with Crippen molar-refractivity contribution >= 4 is 41.5 Å². The van der Waals surface area contributed by atoms with Crippen molar-refractivity contribution in [2.75, 3.05) is 39.3 Å². The second-order valence-electron chi connectivity index (χ2n) is 6.80. The lowest BCUT2D eigenvalue weighted by atomic mass is 10.2.